The number of amides is 1. The Morgan fingerprint density at radius 1 is 1.44 bits per heavy atom. The summed E-state index contributed by atoms with van der Waals surface area (Å²) < 4.78 is 4.09. The molecule has 5 heteroatoms. The fourth-order valence-electron chi connectivity index (χ4n) is 1.65. The van der Waals surface area contributed by atoms with Gasteiger partial charge in [0.05, 0.1) is 22.5 Å². The normalized spacial score (nSPS) is 9.83. The smallest absolute Gasteiger partial charge is 0.260 e. The van der Waals surface area contributed by atoms with Crippen LogP contribution in [0.3, 0.4) is 0 Å². The van der Waals surface area contributed by atoms with E-state index < -0.39 is 0 Å². The van der Waals surface area contributed by atoms with Gasteiger partial charge < -0.3 is 4.90 Å². The van der Waals surface area contributed by atoms with Gasteiger partial charge in [0.15, 0.2) is 0 Å². The lowest BCUT2D eigenvalue weighted by Crippen LogP contribution is -2.27. The first-order valence-electron chi connectivity index (χ1n) is 5.33. The van der Waals surface area contributed by atoms with Gasteiger partial charge >= 0.3 is 0 Å². The number of hydrogen-bond donors (Lipinski definition) is 0. The number of carbonyl (C=O) groups excluding carboxylic acids is 1. The molecule has 0 saturated carbocycles. The highest BCUT2D eigenvalue weighted by molar-refractivity contribution is 7.04. The quantitative estimate of drug-likeness (QED) is 0.831. The molecule has 0 radical (unpaired) electrons. The molecule has 0 aliphatic carbocycles. The number of aromatic nitrogens is 1. The number of benzene rings is 1. The van der Waals surface area contributed by atoms with Crippen molar-refractivity contribution in [2.75, 3.05) is 11.9 Å². The zero-order chi connectivity index (χ0) is 13.1. The molecule has 1 amide bonds. The predicted octanol–water partition coefficient (Wildman–Crippen LogP) is 2.60. The van der Waals surface area contributed by atoms with Crippen LogP contribution < -0.4 is 4.90 Å². The lowest BCUT2D eigenvalue weighted by Gasteiger charge is -2.18. The zero-order valence-corrected chi connectivity index (χ0v) is 10.9. The molecular formula is C13H11N3OS. The van der Waals surface area contributed by atoms with Crippen LogP contribution in [-0.4, -0.2) is 17.3 Å². The molecule has 2 rings (SSSR count). The van der Waals surface area contributed by atoms with Crippen LogP contribution in [0.1, 0.15) is 21.6 Å². The standard InChI is InChI=1S/C13H11N3OS/c1-9-11(8-18-15-9)13(17)16(2)12-6-4-3-5-10(12)7-14/h3-6,8H,1-2H3. The van der Waals surface area contributed by atoms with Crippen LogP contribution in [0.15, 0.2) is 29.6 Å². The summed E-state index contributed by atoms with van der Waals surface area (Å²) in [6.07, 6.45) is 0. The number of nitriles is 1. The van der Waals surface area contributed by atoms with E-state index in [0.717, 1.165) is 0 Å². The molecule has 0 aliphatic heterocycles. The van der Waals surface area contributed by atoms with Crippen molar-refractivity contribution in [1.29, 1.82) is 5.26 Å². The first-order valence-corrected chi connectivity index (χ1v) is 6.17. The van der Waals surface area contributed by atoms with Crippen LogP contribution in [-0.2, 0) is 0 Å². The van der Waals surface area contributed by atoms with Crippen molar-refractivity contribution in [2.24, 2.45) is 0 Å². The van der Waals surface area contributed by atoms with Crippen molar-refractivity contribution in [3.63, 3.8) is 0 Å². The largest absolute Gasteiger partial charge is 0.310 e. The van der Waals surface area contributed by atoms with E-state index in [2.05, 4.69) is 10.4 Å². The average molecular weight is 257 g/mol. The highest BCUT2D eigenvalue weighted by atomic mass is 32.1. The summed E-state index contributed by atoms with van der Waals surface area (Å²) in [6, 6.07) is 9.11. The van der Waals surface area contributed by atoms with Gasteiger partial charge in [-0.05, 0) is 30.6 Å². The summed E-state index contributed by atoms with van der Waals surface area (Å²) in [5, 5.41) is 10.8. The molecule has 4 nitrogen and oxygen atoms in total. The van der Waals surface area contributed by atoms with E-state index in [1.165, 1.54) is 16.4 Å². The van der Waals surface area contributed by atoms with E-state index in [-0.39, 0.29) is 5.91 Å². The minimum absolute atomic E-state index is 0.149. The van der Waals surface area contributed by atoms with Crippen molar-refractivity contribution in [3.05, 3.63) is 46.5 Å². The second kappa shape index (κ2) is 4.98. The summed E-state index contributed by atoms with van der Waals surface area (Å²) in [5.74, 6) is -0.149. The molecule has 0 saturated heterocycles. The monoisotopic (exact) mass is 257 g/mol. The van der Waals surface area contributed by atoms with Crippen molar-refractivity contribution in [1.82, 2.24) is 4.37 Å². The van der Waals surface area contributed by atoms with E-state index in [1.807, 2.05) is 0 Å². The molecule has 1 heterocycles. The first-order chi connectivity index (χ1) is 8.65. The van der Waals surface area contributed by atoms with E-state index >= 15 is 0 Å². The second-order valence-corrected chi connectivity index (χ2v) is 4.44. The third-order valence-electron chi connectivity index (χ3n) is 2.67. The maximum atomic E-state index is 12.3. The summed E-state index contributed by atoms with van der Waals surface area (Å²) in [6.45, 7) is 1.80. The van der Waals surface area contributed by atoms with Crippen LogP contribution >= 0.6 is 11.5 Å². The van der Waals surface area contributed by atoms with Gasteiger partial charge in [-0.3, -0.25) is 4.79 Å². The molecule has 90 valence electrons. The Hall–Kier alpha value is -2.19. The topological polar surface area (TPSA) is 57.0 Å². The van der Waals surface area contributed by atoms with E-state index in [4.69, 9.17) is 5.26 Å². The molecule has 0 fully saturated rings. The molecule has 0 atom stereocenters. The number of hydrogen-bond acceptors (Lipinski definition) is 4. The van der Waals surface area contributed by atoms with Gasteiger partial charge in [0.2, 0.25) is 0 Å². The van der Waals surface area contributed by atoms with Gasteiger partial charge in [-0.15, -0.1) is 0 Å². The molecule has 2 aromatic rings. The Morgan fingerprint density at radius 3 is 2.78 bits per heavy atom. The summed E-state index contributed by atoms with van der Waals surface area (Å²) in [7, 11) is 1.66. The average Bonchev–Trinajstić information content (AvgIpc) is 2.83. The van der Waals surface area contributed by atoms with Crippen molar-refractivity contribution in [3.8, 4) is 6.07 Å². The molecule has 0 bridgehead atoms. The van der Waals surface area contributed by atoms with Gasteiger partial charge in [0.1, 0.15) is 6.07 Å². The lowest BCUT2D eigenvalue weighted by molar-refractivity contribution is 0.0992. The molecule has 0 aliphatic rings. The van der Waals surface area contributed by atoms with Crippen LogP contribution in [0, 0.1) is 18.3 Å². The Bertz CT molecular complexity index is 627. The third-order valence-corrected chi connectivity index (χ3v) is 3.39. The van der Waals surface area contributed by atoms with Crippen LogP contribution in [0.2, 0.25) is 0 Å². The number of nitrogens with zero attached hydrogens (tertiary/aromatic N) is 3. The minimum atomic E-state index is -0.149. The molecular weight excluding hydrogens is 246 g/mol. The van der Waals surface area contributed by atoms with E-state index in [1.54, 1.807) is 43.6 Å². The van der Waals surface area contributed by atoms with Crippen molar-refractivity contribution < 1.29 is 4.79 Å². The third kappa shape index (κ3) is 2.11. The molecule has 0 N–H and O–H groups in total. The Kier molecular flexibility index (Phi) is 3.40. The fourth-order valence-corrected chi connectivity index (χ4v) is 2.33. The van der Waals surface area contributed by atoms with E-state index in [9.17, 15) is 4.79 Å². The van der Waals surface area contributed by atoms with Gasteiger partial charge in [-0.1, -0.05) is 12.1 Å². The van der Waals surface area contributed by atoms with Crippen molar-refractivity contribution >= 4 is 23.1 Å². The molecule has 1 aromatic heterocycles. The second-order valence-electron chi connectivity index (χ2n) is 3.81. The molecule has 0 unspecified atom stereocenters. The summed E-state index contributed by atoms with van der Waals surface area (Å²) >= 11 is 1.25. The van der Waals surface area contributed by atoms with Crippen LogP contribution in [0.4, 0.5) is 5.69 Å². The highest BCUT2D eigenvalue weighted by Crippen LogP contribution is 2.21. The molecule has 0 spiro atoms. The summed E-state index contributed by atoms with van der Waals surface area (Å²) in [5.41, 5.74) is 2.38. The number of para-hydroxylation sites is 1. The summed E-state index contributed by atoms with van der Waals surface area (Å²) in [4.78, 5) is 13.8. The maximum Gasteiger partial charge on any atom is 0.260 e. The van der Waals surface area contributed by atoms with E-state index in [0.29, 0.717) is 22.5 Å². The van der Waals surface area contributed by atoms with Crippen LogP contribution in [0.25, 0.3) is 0 Å². The van der Waals surface area contributed by atoms with Crippen molar-refractivity contribution in [2.45, 2.75) is 6.92 Å². The van der Waals surface area contributed by atoms with Gasteiger partial charge in [0.25, 0.3) is 5.91 Å². The number of carbonyl (C=O) groups is 1. The Labute approximate surface area is 109 Å². The van der Waals surface area contributed by atoms with Gasteiger partial charge in [-0.25, -0.2) is 0 Å². The number of rotatable bonds is 2. The molecule has 1 aromatic carbocycles. The Morgan fingerprint density at radius 2 is 2.17 bits per heavy atom. The first kappa shape index (κ1) is 12.3. The minimum Gasteiger partial charge on any atom is -0.310 e. The lowest BCUT2D eigenvalue weighted by atomic mass is 10.1. The number of aryl methyl sites for hydroxylation is 1. The van der Waals surface area contributed by atoms with Gasteiger partial charge in [-0.2, -0.15) is 9.64 Å². The SMILES string of the molecule is Cc1nscc1C(=O)N(C)c1ccccc1C#N. The van der Waals surface area contributed by atoms with Gasteiger partial charge in [0, 0.05) is 12.4 Å². The van der Waals surface area contributed by atoms with Crippen LogP contribution in [0.5, 0.6) is 0 Å². The predicted molar refractivity (Wildman–Crippen MR) is 70.7 cm³/mol. The molecule has 18 heavy (non-hydrogen) atoms. The highest BCUT2D eigenvalue weighted by Gasteiger charge is 2.19. The number of anilines is 1. The zero-order valence-electron chi connectivity index (χ0n) is 10.0. The fraction of sp³-hybridized carbons (Fsp3) is 0.154. The Balaban J connectivity index is 2.38. The maximum absolute atomic E-state index is 12.3.